The number of carbonyl (C=O) groups excluding carboxylic acids is 1. The fourth-order valence-corrected chi connectivity index (χ4v) is 4.64. The molecule has 0 aliphatic carbocycles. The molecular formula is C23H32N2O5S. The first kappa shape index (κ1) is 24.7. The SMILES string of the molecule is CCN(CC)S(=O)(=O)c1ccc(OC)c(C(=O)NCCc2ccc(OC(C)C)cc2)c1. The van der Waals surface area contributed by atoms with Gasteiger partial charge in [-0.1, -0.05) is 26.0 Å². The van der Waals surface area contributed by atoms with Crippen LogP contribution in [0.25, 0.3) is 0 Å². The number of sulfonamides is 1. The molecule has 0 atom stereocenters. The predicted octanol–water partition coefficient (Wildman–Crippen LogP) is 3.49. The molecule has 0 heterocycles. The summed E-state index contributed by atoms with van der Waals surface area (Å²) in [4.78, 5) is 12.8. The number of amides is 1. The molecule has 31 heavy (non-hydrogen) atoms. The van der Waals surface area contributed by atoms with Crippen LogP contribution in [0.15, 0.2) is 47.4 Å². The summed E-state index contributed by atoms with van der Waals surface area (Å²) in [6.45, 7) is 8.61. The maximum Gasteiger partial charge on any atom is 0.255 e. The van der Waals surface area contributed by atoms with Crippen molar-refractivity contribution in [1.82, 2.24) is 9.62 Å². The smallest absolute Gasteiger partial charge is 0.255 e. The van der Waals surface area contributed by atoms with Crippen molar-refractivity contribution in [3.8, 4) is 11.5 Å². The monoisotopic (exact) mass is 448 g/mol. The van der Waals surface area contributed by atoms with E-state index in [0.29, 0.717) is 31.8 Å². The van der Waals surface area contributed by atoms with E-state index in [-0.39, 0.29) is 22.5 Å². The Balaban J connectivity index is 2.10. The third-order valence-electron chi connectivity index (χ3n) is 4.75. The van der Waals surface area contributed by atoms with Crippen molar-refractivity contribution in [3.05, 3.63) is 53.6 Å². The molecule has 170 valence electrons. The standard InChI is InChI=1S/C23H32N2O5S/c1-6-25(7-2)31(27,28)20-12-13-22(29-5)21(16-20)23(26)24-15-14-18-8-10-19(11-9-18)30-17(3)4/h8-13,16-17H,6-7,14-15H2,1-5H3,(H,24,26). The second-order valence-corrected chi connectivity index (χ2v) is 9.21. The molecule has 7 nitrogen and oxygen atoms in total. The Bertz CT molecular complexity index is 968. The molecule has 0 unspecified atom stereocenters. The van der Waals surface area contributed by atoms with E-state index < -0.39 is 10.0 Å². The topological polar surface area (TPSA) is 84.9 Å². The summed E-state index contributed by atoms with van der Waals surface area (Å²) in [5.41, 5.74) is 1.25. The van der Waals surface area contributed by atoms with Crippen molar-refractivity contribution in [2.24, 2.45) is 0 Å². The Hall–Kier alpha value is -2.58. The molecule has 0 bridgehead atoms. The zero-order valence-electron chi connectivity index (χ0n) is 18.8. The van der Waals surface area contributed by atoms with E-state index in [1.165, 1.54) is 29.6 Å². The average Bonchev–Trinajstić information content (AvgIpc) is 2.74. The number of nitrogens with one attached hydrogen (secondary N) is 1. The normalized spacial score (nSPS) is 11.6. The van der Waals surface area contributed by atoms with Crippen molar-refractivity contribution in [2.45, 2.75) is 45.1 Å². The van der Waals surface area contributed by atoms with Crippen molar-refractivity contribution >= 4 is 15.9 Å². The molecule has 0 spiro atoms. The van der Waals surface area contributed by atoms with E-state index in [0.717, 1.165) is 11.3 Å². The fourth-order valence-electron chi connectivity index (χ4n) is 3.16. The van der Waals surface area contributed by atoms with Crippen LogP contribution in [0.2, 0.25) is 0 Å². The molecule has 0 radical (unpaired) electrons. The van der Waals surface area contributed by atoms with Crippen LogP contribution < -0.4 is 14.8 Å². The Labute approximate surface area is 185 Å². The number of ether oxygens (including phenoxy) is 2. The molecule has 2 rings (SSSR count). The summed E-state index contributed by atoms with van der Waals surface area (Å²) in [6.07, 6.45) is 0.745. The van der Waals surface area contributed by atoms with Gasteiger partial charge in [-0.15, -0.1) is 0 Å². The maximum absolute atomic E-state index is 12.8. The lowest BCUT2D eigenvalue weighted by Crippen LogP contribution is -2.31. The Morgan fingerprint density at radius 2 is 1.71 bits per heavy atom. The van der Waals surface area contributed by atoms with Gasteiger partial charge in [0.25, 0.3) is 5.91 Å². The average molecular weight is 449 g/mol. The molecule has 0 fully saturated rings. The van der Waals surface area contributed by atoms with Gasteiger partial charge >= 0.3 is 0 Å². The number of benzene rings is 2. The van der Waals surface area contributed by atoms with Gasteiger partial charge in [0.1, 0.15) is 11.5 Å². The lowest BCUT2D eigenvalue weighted by Gasteiger charge is -2.19. The van der Waals surface area contributed by atoms with Crippen molar-refractivity contribution in [3.63, 3.8) is 0 Å². The third kappa shape index (κ3) is 6.45. The van der Waals surface area contributed by atoms with Crippen LogP contribution in [0.4, 0.5) is 0 Å². The van der Waals surface area contributed by atoms with Crippen LogP contribution in [0, 0.1) is 0 Å². The molecule has 0 aromatic heterocycles. The highest BCUT2D eigenvalue weighted by atomic mass is 32.2. The van der Waals surface area contributed by atoms with Crippen molar-refractivity contribution < 1.29 is 22.7 Å². The Kier molecular flexibility index (Phi) is 8.88. The summed E-state index contributed by atoms with van der Waals surface area (Å²) < 4.78 is 37.9. The van der Waals surface area contributed by atoms with Gasteiger partial charge in [-0.05, 0) is 56.2 Å². The summed E-state index contributed by atoms with van der Waals surface area (Å²) in [7, 11) is -2.22. The summed E-state index contributed by atoms with van der Waals surface area (Å²) in [6, 6.07) is 12.1. The number of rotatable bonds is 11. The van der Waals surface area contributed by atoms with Gasteiger partial charge in [0.2, 0.25) is 10.0 Å². The number of nitrogens with zero attached hydrogens (tertiary/aromatic N) is 1. The molecule has 0 aliphatic heterocycles. The second-order valence-electron chi connectivity index (χ2n) is 7.27. The Morgan fingerprint density at radius 3 is 2.26 bits per heavy atom. The summed E-state index contributed by atoms with van der Waals surface area (Å²) >= 11 is 0. The van der Waals surface area contributed by atoms with E-state index in [1.807, 2.05) is 38.1 Å². The van der Waals surface area contributed by atoms with E-state index in [2.05, 4.69) is 5.32 Å². The zero-order chi connectivity index (χ0) is 23.0. The fraction of sp³-hybridized carbons (Fsp3) is 0.435. The third-order valence-corrected chi connectivity index (χ3v) is 6.80. The van der Waals surface area contributed by atoms with Crippen LogP contribution in [0.5, 0.6) is 11.5 Å². The number of methoxy groups -OCH3 is 1. The summed E-state index contributed by atoms with van der Waals surface area (Å²) in [5, 5.41) is 2.85. The highest BCUT2D eigenvalue weighted by molar-refractivity contribution is 7.89. The highest BCUT2D eigenvalue weighted by Crippen LogP contribution is 2.24. The van der Waals surface area contributed by atoms with Crippen molar-refractivity contribution in [1.29, 1.82) is 0 Å². The van der Waals surface area contributed by atoms with Gasteiger partial charge in [0.15, 0.2) is 0 Å². The van der Waals surface area contributed by atoms with Gasteiger partial charge in [0.05, 0.1) is 23.7 Å². The van der Waals surface area contributed by atoms with Gasteiger partial charge in [-0.2, -0.15) is 4.31 Å². The maximum atomic E-state index is 12.8. The Morgan fingerprint density at radius 1 is 1.06 bits per heavy atom. The first-order valence-corrected chi connectivity index (χ1v) is 11.9. The van der Waals surface area contributed by atoms with E-state index in [1.54, 1.807) is 13.8 Å². The van der Waals surface area contributed by atoms with E-state index in [4.69, 9.17) is 9.47 Å². The lowest BCUT2D eigenvalue weighted by atomic mass is 10.1. The van der Waals surface area contributed by atoms with Gasteiger partial charge in [-0.25, -0.2) is 8.42 Å². The molecule has 0 aliphatic rings. The van der Waals surface area contributed by atoms with Crippen LogP contribution in [0.1, 0.15) is 43.6 Å². The molecule has 1 N–H and O–H groups in total. The first-order valence-electron chi connectivity index (χ1n) is 10.4. The first-order chi connectivity index (χ1) is 14.7. The van der Waals surface area contributed by atoms with Gasteiger partial charge < -0.3 is 14.8 Å². The van der Waals surface area contributed by atoms with Crippen LogP contribution in [-0.2, 0) is 16.4 Å². The predicted molar refractivity (Wildman–Crippen MR) is 121 cm³/mol. The largest absolute Gasteiger partial charge is 0.496 e. The summed E-state index contributed by atoms with van der Waals surface area (Å²) in [5.74, 6) is 0.748. The molecule has 1 amide bonds. The lowest BCUT2D eigenvalue weighted by molar-refractivity contribution is 0.0951. The van der Waals surface area contributed by atoms with Crippen LogP contribution in [0.3, 0.4) is 0 Å². The van der Waals surface area contributed by atoms with Crippen molar-refractivity contribution in [2.75, 3.05) is 26.7 Å². The zero-order valence-corrected chi connectivity index (χ0v) is 19.7. The minimum Gasteiger partial charge on any atom is -0.496 e. The molecule has 2 aromatic carbocycles. The van der Waals surface area contributed by atoms with E-state index in [9.17, 15) is 13.2 Å². The van der Waals surface area contributed by atoms with Gasteiger partial charge in [0, 0.05) is 19.6 Å². The van der Waals surface area contributed by atoms with E-state index >= 15 is 0 Å². The number of hydrogen-bond acceptors (Lipinski definition) is 5. The number of hydrogen-bond donors (Lipinski definition) is 1. The van der Waals surface area contributed by atoms with Crippen LogP contribution >= 0.6 is 0 Å². The second kappa shape index (κ2) is 11.2. The van der Waals surface area contributed by atoms with Crippen LogP contribution in [-0.4, -0.2) is 51.5 Å². The minimum absolute atomic E-state index is 0.0721. The molecule has 0 saturated carbocycles. The molecular weight excluding hydrogens is 416 g/mol. The molecule has 8 heteroatoms. The molecule has 0 saturated heterocycles. The minimum atomic E-state index is -3.67. The quantitative estimate of drug-likeness (QED) is 0.569. The number of carbonyl (C=O) groups is 1. The highest BCUT2D eigenvalue weighted by Gasteiger charge is 2.24. The van der Waals surface area contributed by atoms with Gasteiger partial charge in [-0.3, -0.25) is 4.79 Å². The molecule has 2 aromatic rings.